The first-order chi connectivity index (χ1) is 15.0. The fourth-order valence-corrected chi connectivity index (χ4v) is 4.05. The van der Waals surface area contributed by atoms with E-state index < -0.39 is 0 Å². The Balaban J connectivity index is 1.39. The molecule has 4 rings (SSSR count). The molecule has 6 nitrogen and oxygen atoms in total. The highest BCUT2D eigenvalue weighted by molar-refractivity contribution is 5.93. The quantitative estimate of drug-likeness (QED) is 0.682. The van der Waals surface area contributed by atoms with E-state index in [-0.39, 0.29) is 24.3 Å². The van der Waals surface area contributed by atoms with Gasteiger partial charge in [-0.3, -0.25) is 14.3 Å². The van der Waals surface area contributed by atoms with Gasteiger partial charge in [-0.05, 0) is 56.0 Å². The molecule has 6 heteroatoms. The van der Waals surface area contributed by atoms with Crippen molar-refractivity contribution in [2.75, 3.05) is 18.4 Å². The number of likely N-dealkylation sites (tertiary alicyclic amines) is 1. The molecule has 2 aromatic carbocycles. The largest absolute Gasteiger partial charge is 0.340 e. The standard InChI is InChI=1S/C25H28N4O2/c1-18-6-3-7-20(14-18)21-8-4-10-23(15-21)26-25(31)22-9-5-12-28(16-22)24(30)17-29-13-11-19(2)27-29/h3-4,6-8,10-11,13-15,22H,5,9,12,16-17H2,1-2H3,(H,26,31). The zero-order valence-electron chi connectivity index (χ0n) is 18.0. The van der Waals surface area contributed by atoms with Crippen LogP contribution in [0, 0.1) is 19.8 Å². The number of rotatable bonds is 5. The van der Waals surface area contributed by atoms with Crippen LogP contribution in [0.25, 0.3) is 11.1 Å². The lowest BCUT2D eigenvalue weighted by atomic mass is 9.96. The van der Waals surface area contributed by atoms with Gasteiger partial charge < -0.3 is 10.2 Å². The number of nitrogens with one attached hydrogen (secondary N) is 1. The topological polar surface area (TPSA) is 67.2 Å². The summed E-state index contributed by atoms with van der Waals surface area (Å²) >= 11 is 0. The first kappa shape index (κ1) is 20.8. The van der Waals surface area contributed by atoms with Gasteiger partial charge in [0.1, 0.15) is 6.54 Å². The minimum atomic E-state index is -0.209. The number of benzene rings is 2. The summed E-state index contributed by atoms with van der Waals surface area (Å²) in [6.45, 7) is 5.31. The molecule has 1 N–H and O–H groups in total. The lowest BCUT2D eigenvalue weighted by Crippen LogP contribution is -2.45. The second-order valence-corrected chi connectivity index (χ2v) is 8.27. The van der Waals surface area contributed by atoms with Gasteiger partial charge in [-0.15, -0.1) is 0 Å². The lowest BCUT2D eigenvalue weighted by molar-refractivity contribution is -0.135. The zero-order chi connectivity index (χ0) is 21.8. The Bertz CT molecular complexity index is 1090. The van der Waals surface area contributed by atoms with Gasteiger partial charge in [-0.1, -0.05) is 42.0 Å². The van der Waals surface area contributed by atoms with E-state index in [2.05, 4.69) is 35.5 Å². The second kappa shape index (κ2) is 9.16. The number of amides is 2. The number of carbonyl (C=O) groups is 2. The maximum Gasteiger partial charge on any atom is 0.244 e. The van der Waals surface area contributed by atoms with Crippen molar-refractivity contribution in [3.8, 4) is 11.1 Å². The monoisotopic (exact) mass is 416 g/mol. The van der Waals surface area contributed by atoms with Gasteiger partial charge in [0.15, 0.2) is 0 Å². The number of piperidine rings is 1. The highest BCUT2D eigenvalue weighted by Gasteiger charge is 2.28. The molecule has 1 saturated heterocycles. The number of hydrogen-bond donors (Lipinski definition) is 1. The summed E-state index contributed by atoms with van der Waals surface area (Å²) in [4.78, 5) is 27.4. The number of anilines is 1. The summed E-state index contributed by atoms with van der Waals surface area (Å²) in [5.74, 6) is -0.240. The van der Waals surface area contributed by atoms with Crippen LogP contribution in [0.3, 0.4) is 0 Å². The van der Waals surface area contributed by atoms with E-state index in [0.717, 1.165) is 35.3 Å². The summed E-state index contributed by atoms with van der Waals surface area (Å²) in [6, 6.07) is 18.1. The molecule has 0 spiro atoms. The predicted octanol–water partition coefficient (Wildman–Crippen LogP) is 4.04. The van der Waals surface area contributed by atoms with Crippen LogP contribution in [0.15, 0.2) is 60.8 Å². The Morgan fingerprint density at radius 2 is 1.84 bits per heavy atom. The molecular formula is C25H28N4O2. The van der Waals surface area contributed by atoms with Gasteiger partial charge in [0.25, 0.3) is 0 Å². The summed E-state index contributed by atoms with van der Waals surface area (Å²) in [7, 11) is 0. The third-order valence-electron chi connectivity index (χ3n) is 5.70. The minimum Gasteiger partial charge on any atom is -0.340 e. The summed E-state index contributed by atoms with van der Waals surface area (Å²) in [6.07, 6.45) is 3.42. The van der Waals surface area contributed by atoms with Gasteiger partial charge in [0.2, 0.25) is 11.8 Å². The summed E-state index contributed by atoms with van der Waals surface area (Å²) < 4.78 is 1.65. The molecular weight excluding hydrogens is 388 g/mol. The van der Waals surface area contributed by atoms with E-state index in [9.17, 15) is 9.59 Å². The van der Waals surface area contributed by atoms with Crippen molar-refractivity contribution in [1.29, 1.82) is 0 Å². The van der Waals surface area contributed by atoms with Crippen LogP contribution in [-0.4, -0.2) is 39.6 Å². The molecule has 0 radical (unpaired) electrons. The molecule has 0 bridgehead atoms. The van der Waals surface area contributed by atoms with Crippen molar-refractivity contribution in [2.45, 2.75) is 33.2 Å². The van der Waals surface area contributed by atoms with Crippen LogP contribution in [0.1, 0.15) is 24.1 Å². The van der Waals surface area contributed by atoms with Crippen molar-refractivity contribution < 1.29 is 9.59 Å². The fraction of sp³-hybridized carbons (Fsp3) is 0.320. The molecule has 1 fully saturated rings. The highest BCUT2D eigenvalue weighted by Crippen LogP contribution is 2.25. The molecule has 1 aliphatic rings. The van der Waals surface area contributed by atoms with Crippen LogP contribution in [0.4, 0.5) is 5.69 Å². The fourth-order valence-electron chi connectivity index (χ4n) is 4.05. The van der Waals surface area contributed by atoms with E-state index in [4.69, 9.17) is 0 Å². The molecule has 3 aromatic rings. The van der Waals surface area contributed by atoms with Crippen LogP contribution >= 0.6 is 0 Å². The van der Waals surface area contributed by atoms with Crippen LogP contribution in [0.2, 0.25) is 0 Å². The zero-order valence-corrected chi connectivity index (χ0v) is 18.0. The molecule has 0 aliphatic carbocycles. The number of aromatic nitrogens is 2. The Kier molecular flexibility index (Phi) is 6.16. The van der Waals surface area contributed by atoms with Crippen molar-refractivity contribution >= 4 is 17.5 Å². The van der Waals surface area contributed by atoms with Crippen molar-refractivity contribution in [3.05, 3.63) is 72.1 Å². The molecule has 1 atom stereocenters. The average Bonchev–Trinajstić information content (AvgIpc) is 3.18. The third kappa shape index (κ3) is 5.20. The first-order valence-electron chi connectivity index (χ1n) is 10.7. The van der Waals surface area contributed by atoms with Gasteiger partial charge in [0.05, 0.1) is 11.6 Å². The predicted molar refractivity (Wildman–Crippen MR) is 122 cm³/mol. The Hall–Kier alpha value is -3.41. The second-order valence-electron chi connectivity index (χ2n) is 8.27. The van der Waals surface area contributed by atoms with Crippen molar-refractivity contribution in [1.82, 2.24) is 14.7 Å². The molecule has 1 aliphatic heterocycles. The number of hydrogen-bond acceptors (Lipinski definition) is 3. The Morgan fingerprint density at radius 1 is 1.06 bits per heavy atom. The molecule has 0 saturated carbocycles. The van der Waals surface area contributed by atoms with E-state index in [0.29, 0.717) is 13.1 Å². The molecule has 2 amide bonds. The average molecular weight is 417 g/mol. The third-order valence-corrected chi connectivity index (χ3v) is 5.70. The lowest BCUT2D eigenvalue weighted by Gasteiger charge is -2.32. The molecule has 2 heterocycles. The number of carbonyl (C=O) groups excluding carboxylic acids is 2. The first-order valence-corrected chi connectivity index (χ1v) is 10.7. The van der Waals surface area contributed by atoms with E-state index >= 15 is 0 Å². The van der Waals surface area contributed by atoms with E-state index in [1.165, 1.54) is 5.56 Å². The van der Waals surface area contributed by atoms with Gasteiger partial charge in [-0.25, -0.2) is 0 Å². The van der Waals surface area contributed by atoms with Gasteiger partial charge >= 0.3 is 0 Å². The van der Waals surface area contributed by atoms with E-state index in [1.54, 1.807) is 9.58 Å². The van der Waals surface area contributed by atoms with Crippen molar-refractivity contribution in [3.63, 3.8) is 0 Å². The number of aryl methyl sites for hydroxylation is 2. The SMILES string of the molecule is Cc1cccc(-c2cccc(NC(=O)C3CCCN(C(=O)Cn4ccc(C)n4)C3)c2)c1. The molecule has 160 valence electrons. The smallest absolute Gasteiger partial charge is 0.244 e. The van der Waals surface area contributed by atoms with Crippen molar-refractivity contribution in [2.24, 2.45) is 5.92 Å². The molecule has 1 unspecified atom stereocenters. The maximum atomic E-state index is 12.9. The van der Waals surface area contributed by atoms with Crippen LogP contribution in [0.5, 0.6) is 0 Å². The van der Waals surface area contributed by atoms with Crippen LogP contribution in [-0.2, 0) is 16.1 Å². The Labute approximate surface area is 182 Å². The minimum absolute atomic E-state index is 0.00189. The maximum absolute atomic E-state index is 12.9. The van der Waals surface area contributed by atoms with Crippen LogP contribution < -0.4 is 5.32 Å². The Morgan fingerprint density at radius 3 is 2.58 bits per heavy atom. The van der Waals surface area contributed by atoms with Gasteiger partial charge in [0, 0.05) is 25.0 Å². The number of nitrogens with zero attached hydrogens (tertiary/aromatic N) is 3. The summed E-state index contributed by atoms with van der Waals surface area (Å²) in [5, 5.41) is 7.34. The molecule has 31 heavy (non-hydrogen) atoms. The van der Waals surface area contributed by atoms with Gasteiger partial charge in [-0.2, -0.15) is 5.10 Å². The normalized spacial score (nSPS) is 16.2. The summed E-state index contributed by atoms with van der Waals surface area (Å²) in [5.41, 5.74) is 5.05. The van der Waals surface area contributed by atoms with E-state index in [1.807, 2.05) is 49.5 Å². The highest BCUT2D eigenvalue weighted by atomic mass is 16.2. The molecule has 1 aromatic heterocycles.